The highest BCUT2D eigenvalue weighted by Gasteiger charge is 2.20. The first kappa shape index (κ1) is 13.2. The van der Waals surface area contributed by atoms with Crippen molar-refractivity contribution >= 4 is 16.8 Å². The summed E-state index contributed by atoms with van der Waals surface area (Å²) in [6.07, 6.45) is 4.00. The fourth-order valence-electron chi connectivity index (χ4n) is 2.98. The van der Waals surface area contributed by atoms with Crippen LogP contribution < -0.4 is 10.6 Å². The first-order valence-corrected chi connectivity index (χ1v) is 7.27. The molecule has 0 unspecified atom stereocenters. The molecule has 3 rings (SSSR count). The van der Waals surface area contributed by atoms with Gasteiger partial charge in [0.25, 0.3) is 0 Å². The van der Waals surface area contributed by atoms with Crippen LogP contribution in [0, 0.1) is 5.92 Å². The van der Waals surface area contributed by atoms with Gasteiger partial charge in [0, 0.05) is 36.6 Å². The molecule has 0 spiro atoms. The summed E-state index contributed by atoms with van der Waals surface area (Å²) in [6.45, 7) is 2.52. The lowest BCUT2D eigenvalue weighted by Crippen LogP contribution is -2.37. The number of aryl methyl sites for hydroxylation is 1. The molecule has 20 heavy (non-hydrogen) atoms. The molecule has 0 bridgehead atoms. The molecule has 2 aromatic rings. The average molecular weight is 271 g/mol. The maximum Gasteiger partial charge on any atom is 0.223 e. The molecule has 0 atom stereocenters. The van der Waals surface area contributed by atoms with E-state index in [9.17, 15) is 4.79 Å². The fourth-order valence-corrected chi connectivity index (χ4v) is 2.98. The van der Waals surface area contributed by atoms with Gasteiger partial charge in [-0.2, -0.15) is 0 Å². The summed E-state index contributed by atoms with van der Waals surface area (Å²) in [5, 5.41) is 7.60. The van der Waals surface area contributed by atoms with Gasteiger partial charge in [-0.05, 0) is 37.6 Å². The van der Waals surface area contributed by atoms with Crippen LogP contribution in [0.5, 0.6) is 0 Å². The standard InChI is InChI=1S/C16H21N3O/c1-19-11-13(14-4-2-3-5-15(14)19)10-18-16(20)12-6-8-17-9-7-12/h2-5,11-12,17H,6-10H2,1H3,(H,18,20). The normalized spacial score (nSPS) is 16.4. The average Bonchev–Trinajstić information content (AvgIpc) is 2.83. The van der Waals surface area contributed by atoms with E-state index < -0.39 is 0 Å². The minimum absolute atomic E-state index is 0.172. The van der Waals surface area contributed by atoms with Crippen molar-refractivity contribution in [1.29, 1.82) is 0 Å². The molecule has 0 saturated carbocycles. The van der Waals surface area contributed by atoms with Gasteiger partial charge in [-0.25, -0.2) is 0 Å². The van der Waals surface area contributed by atoms with Crippen LogP contribution in [0.1, 0.15) is 18.4 Å². The number of rotatable bonds is 3. The van der Waals surface area contributed by atoms with Gasteiger partial charge in [0.05, 0.1) is 0 Å². The van der Waals surface area contributed by atoms with Crippen LogP contribution in [0.15, 0.2) is 30.5 Å². The van der Waals surface area contributed by atoms with Crippen LogP contribution in [0.3, 0.4) is 0 Å². The van der Waals surface area contributed by atoms with Crippen LogP contribution in [0.4, 0.5) is 0 Å². The van der Waals surface area contributed by atoms with E-state index in [4.69, 9.17) is 0 Å². The molecule has 1 amide bonds. The molecule has 0 radical (unpaired) electrons. The number of carbonyl (C=O) groups excluding carboxylic acids is 1. The Morgan fingerprint density at radius 2 is 2.10 bits per heavy atom. The molecule has 4 nitrogen and oxygen atoms in total. The Labute approximate surface area is 119 Å². The topological polar surface area (TPSA) is 46.1 Å². The smallest absolute Gasteiger partial charge is 0.223 e. The van der Waals surface area contributed by atoms with Crippen molar-refractivity contribution in [3.63, 3.8) is 0 Å². The van der Waals surface area contributed by atoms with Crippen molar-refractivity contribution < 1.29 is 4.79 Å². The first-order valence-electron chi connectivity index (χ1n) is 7.27. The van der Waals surface area contributed by atoms with E-state index in [0.717, 1.165) is 25.9 Å². The maximum atomic E-state index is 12.2. The molecule has 0 aliphatic carbocycles. The summed E-state index contributed by atoms with van der Waals surface area (Å²) in [7, 11) is 2.04. The van der Waals surface area contributed by atoms with Gasteiger partial charge in [0.1, 0.15) is 0 Å². The van der Waals surface area contributed by atoms with E-state index in [2.05, 4.69) is 33.5 Å². The van der Waals surface area contributed by atoms with Gasteiger partial charge in [-0.1, -0.05) is 18.2 Å². The van der Waals surface area contributed by atoms with E-state index >= 15 is 0 Å². The van der Waals surface area contributed by atoms with E-state index in [-0.39, 0.29) is 11.8 Å². The van der Waals surface area contributed by atoms with Crippen LogP contribution in [-0.2, 0) is 18.4 Å². The number of para-hydroxylation sites is 1. The third-order valence-electron chi connectivity index (χ3n) is 4.14. The zero-order chi connectivity index (χ0) is 13.9. The highest BCUT2D eigenvalue weighted by Crippen LogP contribution is 2.20. The Morgan fingerprint density at radius 3 is 2.90 bits per heavy atom. The summed E-state index contributed by atoms with van der Waals surface area (Å²) < 4.78 is 2.11. The number of fused-ring (bicyclic) bond motifs is 1. The summed E-state index contributed by atoms with van der Waals surface area (Å²) in [5.74, 6) is 0.366. The van der Waals surface area contributed by atoms with Gasteiger partial charge < -0.3 is 15.2 Å². The Kier molecular flexibility index (Phi) is 3.74. The minimum atomic E-state index is 0.172. The summed E-state index contributed by atoms with van der Waals surface area (Å²) in [5.41, 5.74) is 2.39. The molecule has 1 aliphatic heterocycles. The lowest BCUT2D eigenvalue weighted by molar-refractivity contribution is -0.125. The van der Waals surface area contributed by atoms with E-state index in [0.29, 0.717) is 6.54 Å². The van der Waals surface area contributed by atoms with Crippen molar-refractivity contribution in [2.75, 3.05) is 13.1 Å². The number of aromatic nitrogens is 1. The van der Waals surface area contributed by atoms with Gasteiger partial charge >= 0.3 is 0 Å². The first-order chi connectivity index (χ1) is 9.75. The van der Waals surface area contributed by atoms with Crippen LogP contribution in [0.2, 0.25) is 0 Å². The molecule has 1 fully saturated rings. The molecular formula is C16H21N3O. The maximum absolute atomic E-state index is 12.2. The Bertz CT molecular complexity index is 611. The van der Waals surface area contributed by atoms with E-state index in [1.165, 1.54) is 16.5 Å². The third-order valence-corrected chi connectivity index (χ3v) is 4.14. The molecular weight excluding hydrogens is 250 g/mol. The number of piperidine rings is 1. The van der Waals surface area contributed by atoms with Crippen molar-refractivity contribution in [3.8, 4) is 0 Å². The number of amides is 1. The van der Waals surface area contributed by atoms with Crippen molar-refractivity contribution in [2.24, 2.45) is 13.0 Å². The van der Waals surface area contributed by atoms with E-state index in [1.807, 2.05) is 19.2 Å². The van der Waals surface area contributed by atoms with Gasteiger partial charge in [-0.3, -0.25) is 4.79 Å². The Balaban J connectivity index is 1.69. The highest BCUT2D eigenvalue weighted by molar-refractivity contribution is 5.85. The molecule has 2 heterocycles. The van der Waals surface area contributed by atoms with Crippen molar-refractivity contribution in [2.45, 2.75) is 19.4 Å². The largest absolute Gasteiger partial charge is 0.352 e. The van der Waals surface area contributed by atoms with Crippen molar-refractivity contribution in [3.05, 3.63) is 36.0 Å². The lowest BCUT2D eigenvalue weighted by atomic mass is 9.97. The lowest BCUT2D eigenvalue weighted by Gasteiger charge is -2.21. The summed E-state index contributed by atoms with van der Waals surface area (Å²) in [4.78, 5) is 12.2. The number of nitrogens with one attached hydrogen (secondary N) is 2. The molecule has 2 N–H and O–H groups in total. The molecule has 4 heteroatoms. The van der Waals surface area contributed by atoms with Crippen LogP contribution in [-0.4, -0.2) is 23.6 Å². The fraction of sp³-hybridized carbons (Fsp3) is 0.438. The monoisotopic (exact) mass is 271 g/mol. The van der Waals surface area contributed by atoms with E-state index in [1.54, 1.807) is 0 Å². The molecule has 1 aliphatic rings. The number of hydrogen-bond acceptors (Lipinski definition) is 2. The molecule has 106 valence electrons. The van der Waals surface area contributed by atoms with Crippen LogP contribution >= 0.6 is 0 Å². The predicted octanol–water partition coefficient (Wildman–Crippen LogP) is 1.79. The third kappa shape index (κ3) is 2.56. The number of benzene rings is 1. The van der Waals surface area contributed by atoms with Crippen LogP contribution in [0.25, 0.3) is 10.9 Å². The molecule has 1 saturated heterocycles. The SMILES string of the molecule is Cn1cc(CNC(=O)C2CCNCC2)c2ccccc21. The minimum Gasteiger partial charge on any atom is -0.352 e. The Morgan fingerprint density at radius 1 is 1.35 bits per heavy atom. The second-order valence-electron chi connectivity index (χ2n) is 5.52. The zero-order valence-corrected chi connectivity index (χ0v) is 11.9. The highest BCUT2D eigenvalue weighted by atomic mass is 16.1. The quantitative estimate of drug-likeness (QED) is 0.894. The van der Waals surface area contributed by atoms with Gasteiger partial charge in [0.2, 0.25) is 5.91 Å². The number of nitrogens with zero attached hydrogens (tertiary/aromatic N) is 1. The second-order valence-corrected chi connectivity index (χ2v) is 5.52. The molecule has 1 aromatic heterocycles. The zero-order valence-electron chi connectivity index (χ0n) is 11.9. The summed E-state index contributed by atoms with van der Waals surface area (Å²) >= 11 is 0. The number of carbonyl (C=O) groups is 1. The Hall–Kier alpha value is -1.81. The second kappa shape index (κ2) is 5.67. The molecule has 1 aromatic carbocycles. The van der Waals surface area contributed by atoms with Gasteiger partial charge in [0.15, 0.2) is 0 Å². The number of hydrogen-bond donors (Lipinski definition) is 2. The van der Waals surface area contributed by atoms with Crippen molar-refractivity contribution in [1.82, 2.24) is 15.2 Å². The predicted molar refractivity (Wildman–Crippen MR) is 80.4 cm³/mol. The van der Waals surface area contributed by atoms with Gasteiger partial charge in [-0.15, -0.1) is 0 Å². The summed E-state index contributed by atoms with van der Waals surface area (Å²) in [6, 6.07) is 8.30.